The van der Waals surface area contributed by atoms with E-state index in [9.17, 15) is 9.18 Å². The molecule has 1 heterocycles. The summed E-state index contributed by atoms with van der Waals surface area (Å²) in [6.45, 7) is 0. The minimum atomic E-state index is -0.686. The summed E-state index contributed by atoms with van der Waals surface area (Å²) in [6, 6.07) is 6.39. The van der Waals surface area contributed by atoms with Crippen molar-refractivity contribution >= 4 is 44.7 Å². The van der Waals surface area contributed by atoms with Crippen LogP contribution in [0.2, 0.25) is 5.02 Å². The second kappa shape index (κ2) is 4.65. The number of halogens is 3. The molecule has 5 heteroatoms. The van der Waals surface area contributed by atoms with Crippen molar-refractivity contribution < 1.29 is 9.18 Å². The number of thiophene rings is 1. The lowest BCUT2D eigenvalue weighted by Gasteiger charge is -2.03. The number of rotatable bonds is 2. The van der Waals surface area contributed by atoms with Crippen molar-refractivity contribution in [2.45, 2.75) is 0 Å². The zero-order chi connectivity index (χ0) is 11.7. The highest BCUT2D eigenvalue weighted by atomic mass is 79.9. The van der Waals surface area contributed by atoms with Crippen molar-refractivity contribution in [2.75, 3.05) is 0 Å². The fraction of sp³-hybridized carbons (Fsp3) is 0. The number of benzene rings is 1. The van der Waals surface area contributed by atoms with Gasteiger partial charge in [-0.2, -0.15) is 0 Å². The van der Waals surface area contributed by atoms with Crippen LogP contribution < -0.4 is 0 Å². The van der Waals surface area contributed by atoms with Gasteiger partial charge < -0.3 is 0 Å². The summed E-state index contributed by atoms with van der Waals surface area (Å²) in [5.41, 5.74) is -0.00403. The third kappa shape index (κ3) is 2.05. The van der Waals surface area contributed by atoms with Crippen LogP contribution in [0.25, 0.3) is 0 Å². The third-order valence-electron chi connectivity index (χ3n) is 2.02. The van der Waals surface area contributed by atoms with Crippen molar-refractivity contribution in [1.82, 2.24) is 0 Å². The van der Waals surface area contributed by atoms with Crippen LogP contribution in [0.5, 0.6) is 0 Å². The molecule has 1 nitrogen and oxygen atoms in total. The first-order chi connectivity index (χ1) is 7.61. The maximum atomic E-state index is 13.7. The van der Waals surface area contributed by atoms with Crippen LogP contribution in [0.15, 0.2) is 34.1 Å². The quantitative estimate of drug-likeness (QED) is 0.587. The molecule has 82 valence electrons. The minimum Gasteiger partial charge on any atom is -0.288 e. The topological polar surface area (TPSA) is 17.1 Å². The molecule has 0 aliphatic rings. The highest BCUT2D eigenvalue weighted by Gasteiger charge is 2.18. The van der Waals surface area contributed by atoms with Crippen LogP contribution in [0.3, 0.4) is 0 Å². The normalized spacial score (nSPS) is 10.4. The van der Waals surface area contributed by atoms with Crippen molar-refractivity contribution in [3.63, 3.8) is 0 Å². The Labute approximate surface area is 109 Å². The highest BCUT2D eigenvalue weighted by Crippen LogP contribution is 2.29. The number of carbonyl (C=O) groups excluding carboxylic acids is 1. The van der Waals surface area contributed by atoms with Gasteiger partial charge in [-0.1, -0.05) is 17.7 Å². The monoisotopic (exact) mass is 318 g/mol. The fourth-order valence-corrected chi connectivity index (χ4v) is 2.39. The van der Waals surface area contributed by atoms with E-state index < -0.39 is 5.82 Å². The lowest BCUT2D eigenvalue weighted by atomic mass is 10.1. The maximum Gasteiger partial charge on any atom is 0.205 e. The molecule has 0 aliphatic carbocycles. The fourth-order valence-electron chi connectivity index (χ4n) is 1.24. The van der Waals surface area contributed by atoms with Crippen LogP contribution in [-0.2, 0) is 0 Å². The van der Waals surface area contributed by atoms with E-state index in [1.54, 1.807) is 23.6 Å². The first-order valence-electron chi connectivity index (χ1n) is 4.33. The molecule has 16 heavy (non-hydrogen) atoms. The SMILES string of the molecule is O=C(c1cccs1)c1ccc(Br)c(Cl)c1F. The van der Waals surface area contributed by atoms with Gasteiger partial charge >= 0.3 is 0 Å². The van der Waals surface area contributed by atoms with Crippen LogP contribution in [-0.4, -0.2) is 5.78 Å². The summed E-state index contributed by atoms with van der Waals surface area (Å²) in [5, 5.41) is 1.70. The molecular formula is C11H5BrClFOS. The minimum absolute atomic E-state index is 0.00403. The van der Waals surface area contributed by atoms with Crippen molar-refractivity contribution in [3.8, 4) is 0 Å². The Balaban J connectivity index is 2.50. The van der Waals surface area contributed by atoms with E-state index in [4.69, 9.17) is 11.6 Å². The second-order valence-corrected chi connectivity index (χ2v) is 5.21. The van der Waals surface area contributed by atoms with Crippen molar-refractivity contribution in [2.24, 2.45) is 0 Å². The maximum absolute atomic E-state index is 13.7. The predicted molar refractivity (Wildman–Crippen MR) is 66.9 cm³/mol. The number of ketones is 1. The lowest BCUT2D eigenvalue weighted by Crippen LogP contribution is -2.02. The van der Waals surface area contributed by atoms with E-state index in [-0.39, 0.29) is 16.4 Å². The van der Waals surface area contributed by atoms with Gasteiger partial charge in [-0.25, -0.2) is 4.39 Å². The smallest absolute Gasteiger partial charge is 0.205 e. The van der Waals surface area contributed by atoms with Crippen molar-refractivity contribution in [3.05, 3.63) is 55.4 Å². The number of hydrogen-bond donors (Lipinski definition) is 0. The third-order valence-corrected chi connectivity index (χ3v) is 4.15. The van der Waals surface area contributed by atoms with E-state index in [1.807, 2.05) is 0 Å². The molecule has 2 rings (SSSR count). The largest absolute Gasteiger partial charge is 0.288 e. The molecule has 1 aromatic carbocycles. The Morgan fingerprint density at radius 1 is 1.38 bits per heavy atom. The number of carbonyl (C=O) groups is 1. The molecular weight excluding hydrogens is 315 g/mol. The zero-order valence-corrected chi connectivity index (χ0v) is 11.0. The van der Waals surface area contributed by atoms with Crippen LogP contribution in [0.4, 0.5) is 4.39 Å². The van der Waals surface area contributed by atoms with Gasteiger partial charge in [-0.15, -0.1) is 11.3 Å². The summed E-state index contributed by atoms with van der Waals surface area (Å²) >= 11 is 10.1. The molecule has 0 fully saturated rings. The summed E-state index contributed by atoms with van der Waals surface area (Å²) in [5.74, 6) is -1.03. The molecule has 0 N–H and O–H groups in total. The van der Waals surface area contributed by atoms with E-state index in [0.29, 0.717) is 9.35 Å². The van der Waals surface area contributed by atoms with E-state index in [1.165, 1.54) is 17.4 Å². The Morgan fingerprint density at radius 3 is 2.75 bits per heavy atom. The van der Waals surface area contributed by atoms with Crippen LogP contribution >= 0.6 is 38.9 Å². The molecule has 0 amide bonds. The van der Waals surface area contributed by atoms with Crippen LogP contribution in [0.1, 0.15) is 15.2 Å². The van der Waals surface area contributed by atoms with Gasteiger partial charge in [-0.05, 0) is 39.5 Å². The van der Waals surface area contributed by atoms with Gasteiger partial charge in [0.15, 0.2) is 5.82 Å². The van der Waals surface area contributed by atoms with Crippen molar-refractivity contribution in [1.29, 1.82) is 0 Å². The molecule has 0 bridgehead atoms. The van der Waals surface area contributed by atoms with Gasteiger partial charge in [0.05, 0.1) is 15.5 Å². The molecule has 0 unspecified atom stereocenters. The Kier molecular flexibility index (Phi) is 3.42. The average Bonchev–Trinajstić information content (AvgIpc) is 2.79. The Hall–Kier alpha value is -0.710. The Morgan fingerprint density at radius 2 is 2.12 bits per heavy atom. The average molecular weight is 320 g/mol. The Bertz CT molecular complexity index is 539. The molecule has 0 saturated carbocycles. The van der Waals surface area contributed by atoms with Gasteiger partial charge in [0.1, 0.15) is 0 Å². The molecule has 2 aromatic rings. The zero-order valence-electron chi connectivity index (χ0n) is 7.84. The standard InChI is InChI=1S/C11H5BrClFOS/c12-7-4-3-6(10(14)9(7)13)11(15)8-2-1-5-16-8/h1-5H. The molecule has 0 atom stereocenters. The first kappa shape index (κ1) is 11.8. The summed E-state index contributed by atoms with van der Waals surface area (Å²) in [4.78, 5) is 12.4. The summed E-state index contributed by atoms with van der Waals surface area (Å²) < 4.78 is 14.2. The van der Waals surface area contributed by atoms with Gasteiger partial charge in [-0.3, -0.25) is 4.79 Å². The molecule has 0 saturated heterocycles. The van der Waals surface area contributed by atoms with Crippen LogP contribution in [0, 0.1) is 5.82 Å². The summed E-state index contributed by atoms with van der Waals surface area (Å²) in [6.07, 6.45) is 0. The first-order valence-corrected chi connectivity index (χ1v) is 6.38. The van der Waals surface area contributed by atoms with Gasteiger partial charge in [0.25, 0.3) is 0 Å². The predicted octanol–water partition coefficient (Wildman–Crippen LogP) is 4.53. The number of hydrogen-bond acceptors (Lipinski definition) is 2. The van der Waals surface area contributed by atoms with Gasteiger partial charge in [0, 0.05) is 4.47 Å². The molecule has 0 radical (unpaired) electrons. The van der Waals surface area contributed by atoms with Gasteiger partial charge in [0.2, 0.25) is 5.78 Å². The second-order valence-electron chi connectivity index (χ2n) is 3.03. The van der Waals surface area contributed by atoms with E-state index in [2.05, 4.69) is 15.9 Å². The van der Waals surface area contributed by atoms with E-state index in [0.717, 1.165) is 0 Å². The summed E-state index contributed by atoms with van der Waals surface area (Å²) in [7, 11) is 0. The lowest BCUT2D eigenvalue weighted by molar-refractivity contribution is 0.103. The molecule has 1 aromatic heterocycles. The molecule has 0 spiro atoms. The highest BCUT2D eigenvalue weighted by molar-refractivity contribution is 9.10. The van der Waals surface area contributed by atoms with E-state index >= 15 is 0 Å². The molecule has 0 aliphatic heterocycles.